The van der Waals surface area contributed by atoms with E-state index in [9.17, 15) is 15.2 Å². The highest BCUT2D eigenvalue weighted by Gasteiger charge is 2.12. The lowest BCUT2D eigenvalue weighted by molar-refractivity contribution is -0.112. The molecule has 2 aromatic rings. The molecule has 2 aromatic carbocycles. The van der Waals surface area contributed by atoms with Crippen molar-refractivity contribution >= 4 is 45.2 Å². The van der Waals surface area contributed by atoms with Gasteiger partial charge in [-0.15, -0.1) is 0 Å². The largest absolute Gasteiger partial charge is 0.506 e. The summed E-state index contributed by atoms with van der Waals surface area (Å²) in [5.74, 6) is -0.655. The zero-order valence-electron chi connectivity index (χ0n) is 12.1. The predicted octanol–water partition coefficient (Wildman–Crippen LogP) is 4.66. The third-order valence-corrected chi connectivity index (χ3v) is 3.85. The number of carbonyl (C=O) groups excluding carboxylic acids is 1. The number of hydrogen-bond acceptors (Lipinski definition) is 3. The Morgan fingerprint density at radius 3 is 2.61 bits per heavy atom. The Hall–Kier alpha value is -2.29. The maximum atomic E-state index is 12.2. The van der Waals surface area contributed by atoms with E-state index in [1.165, 1.54) is 18.2 Å². The number of aromatic hydroxyl groups is 1. The molecule has 0 saturated heterocycles. The van der Waals surface area contributed by atoms with Crippen LogP contribution in [0.2, 0.25) is 5.02 Å². The zero-order chi connectivity index (χ0) is 17.0. The smallest absolute Gasteiger partial charge is 0.266 e. The molecule has 0 aliphatic carbocycles. The minimum atomic E-state index is -0.563. The van der Waals surface area contributed by atoms with E-state index < -0.39 is 5.91 Å². The van der Waals surface area contributed by atoms with Crippen LogP contribution >= 0.6 is 27.5 Å². The summed E-state index contributed by atoms with van der Waals surface area (Å²) in [4.78, 5) is 12.2. The summed E-state index contributed by atoms with van der Waals surface area (Å²) in [5.41, 5.74) is 1.78. The van der Waals surface area contributed by atoms with Crippen molar-refractivity contribution in [1.82, 2.24) is 0 Å². The topological polar surface area (TPSA) is 73.1 Å². The van der Waals surface area contributed by atoms with E-state index in [2.05, 4.69) is 21.2 Å². The van der Waals surface area contributed by atoms with Crippen molar-refractivity contribution in [2.45, 2.75) is 6.92 Å². The van der Waals surface area contributed by atoms with Crippen molar-refractivity contribution in [2.24, 2.45) is 0 Å². The first-order chi connectivity index (χ1) is 10.9. The van der Waals surface area contributed by atoms with Crippen LogP contribution in [0.15, 0.2) is 46.4 Å². The van der Waals surface area contributed by atoms with E-state index in [1.54, 1.807) is 12.1 Å². The molecule has 0 aliphatic rings. The lowest BCUT2D eigenvalue weighted by Crippen LogP contribution is -2.13. The molecule has 0 aliphatic heterocycles. The second-order valence-electron chi connectivity index (χ2n) is 4.82. The minimum Gasteiger partial charge on any atom is -0.506 e. The van der Waals surface area contributed by atoms with Gasteiger partial charge >= 0.3 is 0 Å². The summed E-state index contributed by atoms with van der Waals surface area (Å²) in [6, 6.07) is 12.0. The van der Waals surface area contributed by atoms with Gasteiger partial charge < -0.3 is 10.4 Å². The molecule has 0 radical (unpaired) electrons. The molecule has 0 saturated carbocycles. The van der Waals surface area contributed by atoms with Crippen molar-refractivity contribution < 1.29 is 9.90 Å². The number of rotatable bonds is 3. The SMILES string of the molecule is Cc1ccc(NC(=O)/C(C#N)=C/c2cc(Cl)cc(Br)c2O)cc1. The molecular formula is C17H12BrClN2O2. The van der Waals surface area contributed by atoms with Gasteiger partial charge in [-0.1, -0.05) is 29.3 Å². The number of anilines is 1. The summed E-state index contributed by atoms with van der Waals surface area (Å²) >= 11 is 9.08. The molecule has 0 heterocycles. The van der Waals surface area contributed by atoms with Crippen molar-refractivity contribution in [3.8, 4) is 11.8 Å². The monoisotopic (exact) mass is 390 g/mol. The fourth-order valence-electron chi connectivity index (χ4n) is 1.84. The molecule has 116 valence electrons. The molecule has 1 amide bonds. The summed E-state index contributed by atoms with van der Waals surface area (Å²) < 4.78 is 0.382. The second-order valence-corrected chi connectivity index (χ2v) is 6.11. The number of hydrogen-bond donors (Lipinski definition) is 2. The fourth-order valence-corrected chi connectivity index (χ4v) is 2.67. The standard InChI is InChI=1S/C17H12BrClN2O2/c1-10-2-4-14(5-3-10)21-17(23)12(9-20)6-11-7-13(19)8-15(18)16(11)22/h2-8,22H,1H3,(H,21,23)/b12-6+. The number of nitrogens with zero attached hydrogens (tertiary/aromatic N) is 1. The van der Waals surface area contributed by atoms with Crippen molar-refractivity contribution in [2.75, 3.05) is 5.32 Å². The maximum Gasteiger partial charge on any atom is 0.266 e. The van der Waals surface area contributed by atoms with Crippen LogP contribution in [0.3, 0.4) is 0 Å². The normalized spacial score (nSPS) is 11.0. The number of aryl methyl sites for hydroxylation is 1. The predicted molar refractivity (Wildman–Crippen MR) is 94.2 cm³/mol. The first-order valence-corrected chi connectivity index (χ1v) is 7.75. The van der Waals surface area contributed by atoms with Gasteiger partial charge in [0.25, 0.3) is 5.91 Å². The number of halogens is 2. The highest BCUT2D eigenvalue weighted by molar-refractivity contribution is 9.10. The Labute approximate surface area is 147 Å². The average Bonchev–Trinajstić information content (AvgIpc) is 2.51. The van der Waals surface area contributed by atoms with Gasteiger partial charge in [0.2, 0.25) is 0 Å². The molecule has 0 aromatic heterocycles. The van der Waals surface area contributed by atoms with Gasteiger partial charge in [-0.2, -0.15) is 5.26 Å². The average molecular weight is 392 g/mol. The first-order valence-electron chi connectivity index (χ1n) is 6.58. The number of phenolic OH excluding ortho intramolecular Hbond substituents is 1. The minimum absolute atomic E-state index is 0.0923. The Bertz CT molecular complexity index is 824. The Kier molecular flexibility index (Phi) is 5.43. The van der Waals surface area contributed by atoms with E-state index >= 15 is 0 Å². The molecule has 4 nitrogen and oxygen atoms in total. The number of nitriles is 1. The van der Waals surface area contributed by atoms with Crippen LogP contribution in [-0.2, 0) is 4.79 Å². The Morgan fingerprint density at radius 1 is 1.35 bits per heavy atom. The van der Waals surface area contributed by atoms with Crippen LogP contribution in [0.5, 0.6) is 5.75 Å². The summed E-state index contributed by atoms with van der Waals surface area (Å²) in [6.45, 7) is 1.94. The van der Waals surface area contributed by atoms with Crippen molar-refractivity contribution in [3.05, 3.63) is 62.6 Å². The van der Waals surface area contributed by atoms with Crippen LogP contribution in [0.1, 0.15) is 11.1 Å². The van der Waals surface area contributed by atoms with Crippen LogP contribution in [0, 0.1) is 18.3 Å². The molecule has 0 unspecified atom stereocenters. The van der Waals surface area contributed by atoms with Gasteiger partial charge in [0.1, 0.15) is 17.4 Å². The molecule has 0 fully saturated rings. The van der Waals surface area contributed by atoms with Gasteiger partial charge in [0, 0.05) is 16.3 Å². The van der Waals surface area contributed by atoms with Gasteiger partial charge in [-0.3, -0.25) is 4.79 Å². The number of carbonyl (C=O) groups is 1. The number of amides is 1. The highest BCUT2D eigenvalue weighted by atomic mass is 79.9. The lowest BCUT2D eigenvalue weighted by Gasteiger charge is -2.06. The molecule has 6 heteroatoms. The molecule has 2 rings (SSSR count). The number of phenols is 1. The second kappa shape index (κ2) is 7.32. The van der Waals surface area contributed by atoms with Crippen molar-refractivity contribution in [3.63, 3.8) is 0 Å². The fraction of sp³-hybridized carbons (Fsp3) is 0.0588. The van der Waals surface area contributed by atoms with E-state index in [1.807, 2.05) is 25.1 Å². The number of nitrogens with one attached hydrogen (secondary N) is 1. The molecule has 23 heavy (non-hydrogen) atoms. The summed E-state index contributed by atoms with van der Waals surface area (Å²) in [6.07, 6.45) is 1.29. The highest BCUT2D eigenvalue weighted by Crippen LogP contribution is 2.32. The molecule has 0 spiro atoms. The van der Waals surface area contributed by atoms with Crippen LogP contribution in [-0.4, -0.2) is 11.0 Å². The quantitative estimate of drug-likeness (QED) is 0.590. The third kappa shape index (κ3) is 4.35. The molecule has 0 atom stereocenters. The number of benzene rings is 2. The van der Waals surface area contributed by atoms with Crippen LogP contribution in [0.4, 0.5) is 5.69 Å². The lowest BCUT2D eigenvalue weighted by atomic mass is 10.1. The molecule has 2 N–H and O–H groups in total. The van der Waals surface area contributed by atoms with Crippen LogP contribution in [0.25, 0.3) is 6.08 Å². The van der Waals surface area contributed by atoms with E-state index in [4.69, 9.17) is 11.6 Å². The first kappa shape index (κ1) is 17.1. The molecule has 0 bridgehead atoms. The van der Waals surface area contributed by atoms with Crippen molar-refractivity contribution in [1.29, 1.82) is 5.26 Å². The van der Waals surface area contributed by atoms with E-state index in [0.29, 0.717) is 15.2 Å². The van der Waals surface area contributed by atoms with E-state index in [0.717, 1.165) is 5.56 Å². The van der Waals surface area contributed by atoms with Gasteiger partial charge in [-0.05, 0) is 53.2 Å². The zero-order valence-corrected chi connectivity index (χ0v) is 14.4. The van der Waals surface area contributed by atoms with Gasteiger partial charge in [0.15, 0.2) is 0 Å². The maximum absolute atomic E-state index is 12.2. The van der Waals surface area contributed by atoms with Gasteiger partial charge in [-0.25, -0.2) is 0 Å². The molecular weight excluding hydrogens is 380 g/mol. The van der Waals surface area contributed by atoms with E-state index in [-0.39, 0.29) is 16.9 Å². The Morgan fingerprint density at radius 2 is 2.00 bits per heavy atom. The Balaban J connectivity index is 2.30. The summed E-state index contributed by atoms with van der Waals surface area (Å²) in [5, 5.41) is 22.2. The van der Waals surface area contributed by atoms with Gasteiger partial charge in [0.05, 0.1) is 4.47 Å². The summed E-state index contributed by atoms with van der Waals surface area (Å²) in [7, 11) is 0. The third-order valence-electron chi connectivity index (χ3n) is 3.03. The van der Waals surface area contributed by atoms with Crippen LogP contribution < -0.4 is 5.32 Å².